The molecule has 2 rings (SSSR count). The fraction of sp³-hybridized carbons (Fsp3) is 0.250. The Balaban J connectivity index is 2.40. The summed E-state index contributed by atoms with van der Waals surface area (Å²) >= 11 is 0. The quantitative estimate of drug-likeness (QED) is 0.612. The molecule has 2 aromatic rings. The van der Waals surface area contributed by atoms with E-state index in [4.69, 9.17) is 0 Å². The highest BCUT2D eigenvalue weighted by atomic mass is 16.6. The Morgan fingerprint density at radius 3 is 2.16 bits per heavy atom. The molecule has 0 saturated carbocycles. The Hall–Kier alpha value is -2.16. The highest BCUT2D eigenvalue weighted by molar-refractivity contribution is 5.43. The van der Waals surface area contributed by atoms with Crippen molar-refractivity contribution in [3.63, 3.8) is 0 Å². The monoisotopic (exact) mass is 255 g/mol. The molecule has 0 N–H and O–H groups in total. The molecule has 0 atom stereocenters. The van der Waals surface area contributed by atoms with Gasteiger partial charge >= 0.3 is 0 Å². The minimum atomic E-state index is -0.341. The largest absolute Gasteiger partial charge is 0.269 e. The molecule has 0 saturated heterocycles. The molecule has 0 aliphatic heterocycles. The molecule has 0 aliphatic carbocycles. The normalized spacial score (nSPS) is 10.5. The van der Waals surface area contributed by atoms with Crippen LogP contribution in [0.2, 0.25) is 0 Å². The summed E-state index contributed by atoms with van der Waals surface area (Å²) in [7, 11) is 0. The smallest absolute Gasteiger partial charge is 0.258 e. The number of hydrogen-bond acceptors (Lipinski definition) is 2. The molecule has 0 unspecified atom stereocenters. The lowest BCUT2D eigenvalue weighted by Gasteiger charge is -2.09. The third-order valence-electron chi connectivity index (χ3n) is 3.43. The molecule has 0 spiro atoms. The summed E-state index contributed by atoms with van der Waals surface area (Å²) in [4.78, 5) is 10.5. The van der Waals surface area contributed by atoms with Gasteiger partial charge in [0.2, 0.25) is 0 Å². The standard InChI is InChI=1S/C16H17NO2/c1-11-4-5-12(2)14(8-11)9-15-10-16(17(18)19)7-6-13(15)3/h4-8,10H,9H2,1-3H3. The lowest BCUT2D eigenvalue weighted by Crippen LogP contribution is -1.97. The van der Waals surface area contributed by atoms with Crippen LogP contribution < -0.4 is 0 Å². The molecule has 0 aromatic heterocycles. The van der Waals surface area contributed by atoms with Crippen molar-refractivity contribution in [2.45, 2.75) is 27.2 Å². The van der Waals surface area contributed by atoms with Gasteiger partial charge in [-0.05, 0) is 49.4 Å². The van der Waals surface area contributed by atoms with E-state index in [0.29, 0.717) is 0 Å². The summed E-state index contributed by atoms with van der Waals surface area (Å²) in [5, 5.41) is 10.8. The molecule has 0 heterocycles. The fourth-order valence-electron chi connectivity index (χ4n) is 2.16. The van der Waals surface area contributed by atoms with Crippen LogP contribution in [-0.2, 0) is 6.42 Å². The highest BCUT2D eigenvalue weighted by Crippen LogP contribution is 2.22. The lowest BCUT2D eigenvalue weighted by molar-refractivity contribution is -0.384. The molecule has 3 heteroatoms. The van der Waals surface area contributed by atoms with Gasteiger partial charge in [-0.25, -0.2) is 0 Å². The third-order valence-corrected chi connectivity index (χ3v) is 3.43. The van der Waals surface area contributed by atoms with E-state index in [0.717, 1.165) is 17.5 Å². The van der Waals surface area contributed by atoms with Crippen molar-refractivity contribution in [2.24, 2.45) is 0 Å². The number of benzene rings is 2. The van der Waals surface area contributed by atoms with Gasteiger partial charge in [0.1, 0.15) is 0 Å². The van der Waals surface area contributed by atoms with Crippen LogP contribution in [0.25, 0.3) is 0 Å². The highest BCUT2D eigenvalue weighted by Gasteiger charge is 2.10. The second-order valence-corrected chi connectivity index (χ2v) is 4.97. The van der Waals surface area contributed by atoms with Crippen LogP contribution in [0.5, 0.6) is 0 Å². The average Bonchev–Trinajstić information content (AvgIpc) is 2.36. The maximum absolute atomic E-state index is 10.8. The Bertz CT molecular complexity index is 633. The van der Waals surface area contributed by atoms with Crippen molar-refractivity contribution in [3.05, 3.63) is 74.3 Å². The number of rotatable bonds is 3. The first-order valence-corrected chi connectivity index (χ1v) is 6.27. The second-order valence-electron chi connectivity index (χ2n) is 4.97. The molecular formula is C16H17NO2. The molecular weight excluding hydrogens is 238 g/mol. The molecule has 3 nitrogen and oxygen atoms in total. The van der Waals surface area contributed by atoms with Gasteiger partial charge in [0.15, 0.2) is 0 Å². The van der Waals surface area contributed by atoms with Gasteiger partial charge in [-0.3, -0.25) is 10.1 Å². The van der Waals surface area contributed by atoms with E-state index in [2.05, 4.69) is 32.0 Å². The van der Waals surface area contributed by atoms with Gasteiger partial charge in [-0.2, -0.15) is 0 Å². The Morgan fingerprint density at radius 1 is 0.947 bits per heavy atom. The van der Waals surface area contributed by atoms with Gasteiger partial charge in [-0.1, -0.05) is 29.8 Å². The van der Waals surface area contributed by atoms with Crippen LogP contribution in [0, 0.1) is 30.9 Å². The van der Waals surface area contributed by atoms with Crippen LogP contribution in [0.4, 0.5) is 5.69 Å². The maximum atomic E-state index is 10.8. The SMILES string of the molecule is Cc1ccc(C)c(Cc2cc([N+](=O)[O-])ccc2C)c1. The van der Waals surface area contributed by atoms with Crippen molar-refractivity contribution >= 4 is 5.69 Å². The van der Waals surface area contributed by atoms with Crippen molar-refractivity contribution in [1.82, 2.24) is 0 Å². The van der Waals surface area contributed by atoms with Gasteiger partial charge in [0, 0.05) is 12.1 Å². The zero-order valence-electron chi connectivity index (χ0n) is 11.4. The number of nitro groups is 1. The van der Waals surface area contributed by atoms with Gasteiger partial charge in [-0.15, -0.1) is 0 Å². The molecule has 2 aromatic carbocycles. The molecule has 0 aliphatic rings. The first kappa shape index (κ1) is 13.3. The van der Waals surface area contributed by atoms with Gasteiger partial charge in [0.25, 0.3) is 5.69 Å². The van der Waals surface area contributed by atoms with E-state index in [1.54, 1.807) is 12.1 Å². The summed E-state index contributed by atoms with van der Waals surface area (Å²) in [6.45, 7) is 6.12. The van der Waals surface area contributed by atoms with E-state index in [1.807, 2.05) is 13.0 Å². The molecule has 0 fully saturated rings. The zero-order valence-corrected chi connectivity index (χ0v) is 11.4. The number of nitrogens with zero attached hydrogens (tertiary/aromatic N) is 1. The number of aryl methyl sites for hydroxylation is 3. The Labute approximate surface area is 113 Å². The van der Waals surface area contributed by atoms with E-state index in [-0.39, 0.29) is 10.6 Å². The van der Waals surface area contributed by atoms with E-state index >= 15 is 0 Å². The number of nitro benzene ring substituents is 1. The molecule has 98 valence electrons. The number of non-ortho nitro benzene ring substituents is 1. The predicted octanol–water partition coefficient (Wildman–Crippen LogP) is 4.11. The van der Waals surface area contributed by atoms with E-state index in [9.17, 15) is 10.1 Å². The second kappa shape index (κ2) is 5.22. The van der Waals surface area contributed by atoms with Crippen LogP contribution >= 0.6 is 0 Å². The average molecular weight is 255 g/mol. The molecule has 0 radical (unpaired) electrons. The maximum Gasteiger partial charge on any atom is 0.269 e. The van der Waals surface area contributed by atoms with Crippen LogP contribution in [0.15, 0.2) is 36.4 Å². The van der Waals surface area contributed by atoms with Crippen molar-refractivity contribution in [3.8, 4) is 0 Å². The summed E-state index contributed by atoms with van der Waals surface area (Å²) < 4.78 is 0. The predicted molar refractivity (Wildman–Crippen MR) is 76.6 cm³/mol. The minimum absolute atomic E-state index is 0.158. The van der Waals surface area contributed by atoms with E-state index in [1.165, 1.54) is 16.7 Å². The summed E-state index contributed by atoms with van der Waals surface area (Å²) in [6, 6.07) is 11.4. The van der Waals surface area contributed by atoms with Crippen LogP contribution in [0.3, 0.4) is 0 Å². The Morgan fingerprint density at radius 2 is 1.53 bits per heavy atom. The zero-order chi connectivity index (χ0) is 14.0. The van der Waals surface area contributed by atoms with Gasteiger partial charge in [0.05, 0.1) is 4.92 Å². The summed E-state index contributed by atoms with van der Waals surface area (Å²) in [5.74, 6) is 0. The molecule has 0 amide bonds. The topological polar surface area (TPSA) is 43.1 Å². The fourth-order valence-corrected chi connectivity index (χ4v) is 2.16. The number of hydrogen-bond donors (Lipinski definition) is 0. The minimum Gasteiger partial charge on any atom is -0.258 e. The van der Waals surface area contributed by atoms with Gasteiger partial charge < -0.3 is 0 Å². The van der Waals surface area contributed by atoms with E-state index < -0.39 is 0 Å². The van der Waals surface area contributed by atoms with Crippen molar-refractivity contribution < 1.29 is 4.92 Å². The first-order chi connectivity index (χ1) is 8.97. The third kappa shape index (κ3) is 2.99. The molecule has 0 bridgehead atoms. The van der Waals surface area contributed by atoms with Crippen LogP contribution in [0.1, 0.15) is 27.8 Å². The van der Waals surface area contributed by atoms with Crippen molar-refractivity contribution in [1.29, 1.82) is 0 Å². The first-order valence-electron chi connectivity index (χ1n) is 6.27. The summed E-state index contributed by atoms with van der Waals surface area (Å²) in [5.41, 5.74) is 5.92. The Kier molecular flexibility index (Phi) is 3.65. The lowest BCUT2D eigenvalue weighted by atomic mass is 9.96. The van der Waals surface area contributed by atoms with Crippen molar-refractivity contribution in [2.75, 3.05) is 0 Å². The van der Waals surface area contributed by atoms with Crippen LogP contribution in [-0.4, -0.2) is 4.92 Å². The molecule has 19 heavy (non-hydrogen) atoms. The summed E-state index contributed by atoms with van der Waals surface area (Å²) in [6.07, 6.45) is 0.737.